The first kappa shape index (κ1) is 26.4. The van der Waals surface area contributed by atoms with Crippen LogP contribution in [0.1, 0.15) is 18.1 Å². The number of amides is 1. The van der Waals surface area contributed by atoms with Gasteiger partial charge in [0.05, 0.1) is 29.0 Å². The highest BCUT2D eigenvalue weighted by Crippen LogP contribution is 2.48. The third-order valence-corrected chi connectivity index (χ3v) is 7.89. The van der Waals surface area contributed by atoms with Gasteiger partial charge in [0.1, 0.15) is 23.5 Å². The largest absolute Gasteiger partial charge is 0.497 e. The Balaban J connectivity index is 1.62. The third kappa shape index (κ3) is 5.38. The highest BCUT2D eigenvalue weighted by molar-refractivity contribution is 7.19. The second-order valence-corrected chi connectivity index (χ2v) is 10.4. The lowest BCUT2D eigenvalue weighted by molar-refractivity contribution is -0.116. The van der Waals surface area contributed by atoms with Crippen LogP contribution in [0.4, 0.5) is 5.82 Å². The second kappa shape index (κ2) is 11.3. The molecule has 1 N–H and O–H groups in total. The Morgan fingerprint density at radius 1 is 1.08 bits per heavy atom. The molecule has 0 saturated carbocycles. The minimum Gasteiger partial charge on any atom is -0.497 e. The fourth-order valence-corrected chi connectivity index (χ4v) is 5.95. The van der Waals surface area contributed by atoms with E-state index in [0.717, 1.165) is 21.8 Å². The molecule has 5 rings (SSSR count). The average molecular weight is 574 g/mol. The molecule has 0 aliphatic heterocycles. The van der Waals surface area contributed by atoms with E-state index < -0.39 is 0 Å². The number of hydrogen-bond donors (Lipinski definition) is 1. The molecule has 0 unspecified atom stereocenters. The van der Waals surface area contributed by atoms with Gasteiger partial charge in [0.25, 0.3) is 0 Å². The van der Waals surface area contributed by atoms with Crippen LogP contribution in [-0.4, -0.2) is 28.0 Å². The Labute approximate surface area is 239 Å². The van der Waals surface area contributed by atoms with Crippen molar-refractivity contribution in [1.82, 2.24) is 15.0 Å². The number of methoxy groups -OCH3 is 1. The average Bonchev–Trinajstić information content (AvgIpc) is 3.60. The molecule has 1 amide bonds. The number of hydrogen-bond acceptors (Lipinski definition) is 6. The zero-order valence-corrected chi connectivity index (χ0v) is 23.2. The number of nitrogens with zero attached hydrogens (tertiary/aromatic N) is 4. The van der Waals surface area contributed by atoms with Gasteiger partial charge in [-0.2, -0.15) is 5.26 Å². The van der Waals surface area contributed by atoms with Crippen molar-refractivity contribution in [3.05, 3.63) is 94.4 Å². The van der Waals surface area contributed by atoms with E-state index in [1.165, 1.54) is 18.3 Å². The van der Waals surface area contributed by atoms with Crippen molar-refractivity contribution in [2.24, 2.45) is 0 Å². The van der Waals surface area contributed by atoms with E-state index in [2.05, 4.69) is 21.0 Å². The molecule has 39 heavy (non-hydrogen) atoms. The van der Waals surface area contributed by atoms with Gasteiger partial charge in [0.2, 0.25) is 5.91 Å². The van der Waals surface area contributed by atoms with Crippen LogP contribution in [0.2, 0.25) is 10.0 Å². The number of aromatic amines is 1. The van der Waals surface area contributed by atoms with E-state index in [-0.39, 0.29) is 5.91 Å². The summed E-state index contributed by atoms with van der Waals surface area (Å²) in [6.45, 7) is 1.83. The summed E-state index contributed by atoms with van der Waals surface area (Å²) in [5.41, 5.74) is 3.44. The highest BCUT2D eigenvalue weighted by atomic mass is 35.5. The number of ether oxygens (including phenoxy) is 1. The van der Waals surface area contributed by atoms with Crippen LogP contribution < -0.4 is 9.64 Å². The van der Waals surface area contributed by atoms with Crippen molar-refractivity contribution in [2.75, 3.05) is 12.0 Å². The van der Waals surface area contributed by atoms with Crippen molar-refractivity contribution in [2.45, 2.75) is 13.5 Å². The standard InChI is InChI=1S/C29H21Cl2N5O2S/c1-17(37)36(16-18-3-6-21(38-2)7-4-18)25-13-19(9-10-33-25)27-23(15-32)26(22-8-5-20(30)14-24(22)31)28(39-27)29-34-11-12-35-29/h3-14H,16H2,1-2H3,(H,34,35). The van der Waals surface area contributed by atoms with Crippen LogP contribution in [0.3, 0.4) is 0 Å². The summed E-state index contributed by atoms with van der Waals surface area (Å²) >= 11 is 14.2. The Kier molecular flexibility index (Phi) is 7.66. The van der Waals surface area contributed by atoms with Gasteiger partial charge in [-0.25, -0.2) is 9.97 Å². The van der Waals surface area contributed by atoms with Crippen LogP contribution in [0.15, 0.2) is 73.2 Å². The maximum Gasteiger partial charge on any atom is 0.225 e. The van der Waals surface area contributed by atoms with Gasteiger partial charge in [-0.05, 0) is 47.5 Å². The summed E-state index contributed by atoms with van der Waals surface area (Å²) in [6.07, 6.45) is 5.02. The number of H-pyrrole nitrogens is 1. The predicted octanol–water partition coefficient (Wildman–Crippen LogP) is 7.61. The monoisotopic (exact) mass is 573 g/mol. The van der Waals surface area contributed by atoms with E-state index in [4.69, 9.17) is 27.9 Å². The van der Waals surface area contributed by atoms with Gasteiger partial charge < -0.3 is 9.72 Å². The lowest BCUT2D eigenvalue weighted by Crippen LogP contribution is -2.28. The lowest BCUT2D eigenvalue weighted by atomic mass is 9.98. The van der Waals surface area contributed by atoms with Crippen molar-refractivity contribution >= 4 is 46.3 Å². The van der Waals surface area contributed by atoms with E-state index in [1.54, 1.807) is 48.8 Å². The number of nitrogens with one attached hydrogen (secondary N) is 1. The summed E-state index contributed by atoms with van der Waals surface area (Å²) < 4.78 is 5.24. The van der Waals surface area contributed by atoms with Gasteiger partial charge >= 0.3 is 0 Å². The first-order valence-electron chi connectivity index (χ1n) is 11.8. The maximum atomic E-state index is 12.7. The predicted molar refractivity (Wildman–Crippen MR) is 155 cm³/mol. The maximum absolute atomic E-state index is 12.7. The molecular formula is C29H21Cl2N5O2S. The summed E-state index contributed by atoms with van der Waals surface area (Å²) in [5.74, 6) is 1.66. The first-order chi connectivity index (χ1) is 18.9. The quantitative estimate of drug-likeness (QED) is 0.216. The van der Waals surface area contributed by atoms with Gasteiger partial charge in [-0.1, -0.05) is 41.4 Å². The molecule has 3 aromatic heterocycles. The van der Waals surface area contributed by atoms with Crippen LogP contribution >= 0.6 is 34.5 Å². The van der Waals surface area contributed by atoms with Crippen LogP contribution in [0.25, 0.3) is 32.3 Å². The number of carbonyl (C=O) groups excluding carboxylic acids is 1. The van der Waals surface area contributed by atoms with Crippen molar-refractivity contribution in [3.63, 3.8) is 0 Å². The number of anilines is 1. The number of thiophene rings is 1. The Morgan fingerprint density at radius 3 is 2.51 bits per heavy atom. The fraction of sp³-hybridized carbons (Fsp3) is 0.103. The molecule has 5 aromatic rings. The number of imidazole rings is 1. The smallest absolute Gasteiger partial charge is 0.225 e. The number of benzene rings is 2. The molecule has 0 atom stereocenters. The highest BCUT2D eigenvalue weighted by Gasteiger charge is 2.25. The molecule has 10 heteroatoms. The number of nitriles is 1. The minimum atomic E-state index is -0.160. The molecule has 194 valence electrons. The number of rotatable bonds is 7. The number of pyridine rings is 1. The molecule has 2 aromatic carbocycles. The van der Waals surface area contributed by atoms with Gasteiger partial charge in [-0.15, -0.1) is 11.3 Å². The summed E-state index contributed by atoms with van der Waals surface area (Å²) in [5, 5.41) is 11.3. The van der Waals surface area contributed by atoms with Crippen LogP contribution in [0.5, 0.6) is 5.75 Å². The zero-order valence-electron chi connectivity index (χ0n) is 20.9. The van der Waals surface area contributed by atoms with Crippen molar-refractivity contribution in [3.8, 4) is 44.1 Å². The van der Waals surface area contributed by atoms with Gasteiger partial charge in [-0.3, -0.25) is 9.69 Å². The van der Waals surface area contributed by atoms with Crippen LogP contribution in [-0.2, 0) is 11.3 Å². The van der Waals surface area contributed by atoms with E-state index in [0.29, 0.717) is 49.8 Å². The molecule has 0 aliphatic rings. The molecule has 0 aliphatic carbocycles. The zero-order chi connectivity index (χ0) is 27.5. The number of carbonyl (C=O) groups is 1. The summed E-state index contributed by atoms with van der Waals surface area (Å²) in [6, 6.07) is 18.7. The van der Waals surface area contributed by atoms with Crippen LogP contribution in [0, 0.1) is 11.3 Å². The topological polar surface area (TPSA) is 94.9 Å². The molecular weight excluding hydrogens is 553 g/mol. The third-order valence-electron chi connectivity index (χ3n) is 6.10. The first-order valence-corrected chi connectivity index (χ1v) is 13.4. The molecule has 0 fully saturated rings. The van der Waals surface area contributed by atoms with E-state index in [1.807, 2.05) is 36.4 Å². The molecule has 0 saturated heterocycles. The van der Waals surface area contributed by atoms with Crippen molar-refractivity contribution < 1.29 is 9.53 Å². The van der Waals surface area contributed by atoms with Crippen molar-refractivity contribution in [1.29, 1.82) is 5.26 Å². The Hall–Kier alpha value is -4.16. The molecule has 0 radical (unpaired) electrons. The second-order valence-electron chi connectivity index (χ2n) is 8.54. The Morgan fingerprint density at radius 2 is 1.87 bits per heavy atom. The van der Waals surface area contributed by atoms with Gasteiger partial charge in [0, 0.05) is 46.7 Å². The van der Waals surface area contributed by atoms with E-state index in [9.17, 15) is 10.1 Å². The minimum absolute atomic E-state index is 0.160. The molecule has 7 nitrogen and oxygen atoms in total. The molecule has 0 spiro atoms. The summed E-state index contributed by atoms with van der Waals surface area (Å²) in [4.78, 5) is 27.8. The normalized spacial score (nSPS) is 10.7. The van der Waals surface area contributed by atoms with E-state index >= 15 is 0 Å². The summed E-state index contributed by atoms with van der Waals surface area (Å²) in [7, 11) is 1.61. The molecule has 3 heterocycles. The SMILES string of the molecule is COc1ccc(CN(C(C)=O)c2cc(-c3sc(-c4ncc[nH]4)c(-c4ccc(Cl)cc4Cl)c3C#N)ccn2)cc1. The fourth-order valence-electron chi connectivity index (χ4n) is 4.22. The van der Waals surface area contributed by atoms with Gasteiger partial charge in [0.15, 0.2) is 0 Å². The molecule has 0 bridgehead atoms. The number of halogens is 2. The Bertz CT molecular complexity index is 1690. The lowest BCUT2D eigenvalue weighted by Gasteiger charge is -2.21. The number of aromatic nitrogens is 3.